The molecule has 0 saturated heterocycles. The summed E-state index contributed by atoms with van der Waals surface area (Å²) in [6, 6.07) is 6.56. The van der Waals surface area contributed by atoms with Crippen LogP contribution in [0.25, 0.3) is 10.2 Å². The molecule has 86 valence electrons. The van der Waals surface area contributed by atoms with Gasteiger partial charge in [-0.15, -0.1) is 0 Å². The predicted molar refractivity (Wildman–Crippen MR) is 70.6 cm³/mol. The second kappa shape index (κ2) is 4.06. The number of aromatic nitrogens is 1. The lowest BCUT2D eigenvalue weighted by molar-refractivity contribution is 0.610. The summed E-state index contributed by atoms with van der Waals surface area (Å²) in [5.74, 6) is 0.500. The van der Waals surface area contributed by atoms with Crippen molar-refractivity contribution in [3.05, 3.63) is 33.4 Å². The zero-order chi connectivity index (χ0) is 11.9. The molecule has 0 aliphatic rings. The third kappa shape index (κ3) is 1.80. The predicted octanol–water partition coefficient (Wildman–Crippen LogP) is 3.77. The smallest absolute Gasteiger partial charge is 0.296 e. The lowest BCUT2D eigenvalue weighted by Gasteiger charge is -2.09. The molecular formula is C13H17NOS. The summed E-state index contributed by atoms with van der Waals surface area (Å²) >= 11 is 1.33. The van der Waals surface area contributed by atoms with Crippen LogP contribution < -0.4 is 4.87 Å². The monoisotopic (exact) mass is 235 g/mol. The summed E-state index contributed by atoms with van der Waals surface area (Å²) in [5.41, 5.74) is 2.37. The quantitative estimate of drug-likeness (QED) is 0.776. The van der Waals surface area contributed by atoms with Crippen LogP contribution >= 0.6 is 11.3 Å². The maximum atomic E-state index is 11.8. The van der Waals surface area contributed by atoms with E-state index in [9.17, 15) is 4.79 Å². The van der Waals surface area contributed by atoms with E-state index >= 15 is 0 Å². The summed E-state index contributed by atoms with van der Waals surface area (Å²) < 4.78 is 2.97. The molecule has 0 saturated carbocycles. The molecule has 2 aromatic rings. The van der Waals surface area contributed by atoms with E-state index in [-0.39, 0.29) is 10.9 Å². The maximum Gasteiger partial charge on any atom is 0.308 e. The van der Waals surface area contributed by atoms with E-state index in [0.717, 1.165) is 10.2 Å². The fourth-order valence-electron chi connectivity index (χ4n) is 1.90. The summed E-state index contributed by atoms with van der Waals surface area (Å²) in [6.45, 7) is 8.45. The SMILES string of the molecule is CC(C)c1ccc2sc(=O)n(C(C)C)c2c1. The highest BCUT2D eigenvalue weighted by molar-refractivity contribution is 7.16. The number of rotatable bonds is 2. The zero-order valence-electron chi connectivity index (χ0n) is 10.2. The van der Waals surface area contributed by atoms with E-state index in [4.69, 9.17) is 0 Å². The van der Waals surface area contributed by atoms with Crippen LogP contribution in [0.5, 0.6) is 0 Å². The van der Waals surface area contributed by atoms with Crippen LogP contribution in [0.15, 0.2) is 23.0 Å². The molecule has 2 rings (SSSR count). The maximum absolute atomic E-state index is 11.8. The van der Waals surface area contributed by atoms with Gasteiger partial charge in [0.25, 0.3) is 0 Å². The van der Waals surface area contributed by atoms with Gasteiger partial charge < -0.3 is 0 Å². The van der Waals surface area contributed by atoms with Gasteiger partial charge in [-0.1, -0.05) is 31.3 Å². The largest absolute Gasteiger partial charge is 0.308 e. The van der Waals surface area contributed by atoms with Gasteiger partial charge in [-0.3, -0.25) is 9.36 Å². The van der Waals surface area contributed by atoms with Crippen molar-refractivity contribution >= 4 is 21.6 Å². The first-order valence-electron chi connectivity index (χ1n) is 5.65. The van der Waals surface area contributed by atoms with Gasteiger partial charge in [0, 0.05) is 6.04 Å². The van der Waals surface area contributed by atoms with E-state index in [2.05, 4.69) is 45.9 Å². The number of nitrogens with zero attached hydrogens (tertiary/aromatic N) is 1. The average molecular weight is 235 g/mol. The Balaban J connectivity index is 2.75. The van der Waals surface area contributed by atoms with E-state index in [1.807, 2.05) is 4.57 Å². The molecule has 1 aromatic heterocycles. The molecule has 3 heteroatoms. The standard InChI is InChI=1S/C13H17NOS/c1-8(2)10-5-6-12-11(7-10)14(9(3)4)13(15)16-12/h5-9H,1-4H3. The lowest BCUT2D eigenvalue weighted by atomic mass is 10.0. The Morgan fingerprint density at radius 3 is 2.44 bits per heavy atom. The Morgan fingerprint density at radius 1 is 1.19 bits per heavy atom. The number of hydrogen-bond acceptors (Lipinski definition) is 2. The van der Waals surface area contributed by atoms with Crippen molar-refractivity contribution in [2.45, 2.75) is 39.7 Å². The van der Waals surface area contributed by atoms with Crippen LogP contribution in [-0.4, -0.2) is 4.57 Å². The molecule has 0 aliphatic heterocycles. The minimum atomic E-state index is 0.144. The van der Waals surface area contributed by atoms with Gasteiger partial charge >= 0.3 is 4.87 Å². The van der Waals surface area contributed by atoms with Gasteiger partial charge in [0.1, 0.15) is 0 Å². The molecule has 2 nitrogen and oxygen atoms in total. The van der Waals surface area contributed by atoms with Crippen molar-refractivity contribution in [2.75, 3.05) is 0 Å². The fraction of sp³-hybridized carbons (Fsp3) is 0.462. The number of benzene rings is 1. The van der Waals surface area contributed by atoms with Gasteiger partial charge in [0.2, 0.25) is 0 Å². The second-order valence-corrected chi connectivity index (χ2v) is 5.71. The van der Waals surface area contributed by atoms with E-state index in [0.29, 0.717) is 5.92 Å². The molecule has 0 fully saturated rings. The molecule has 0 amide bonds. The summed E-state index contributed by atoms with van der Waals surface area (Å²) in [6.07, 6.45) is 0. The van der Waals surface area contributed by atoms with Crippen molar-refractivity contribution in [3.63, 3.8) is 0 Å². The van der Waals surface area contributed by atoms with E-state index in [1.165, 1.54) is 16.9 Å². The number of fused-ring (bicyclic) bond motifs is 1. The Bertz CT molecular complexity index is 563. The lowest BCUT2D eigenvalue weighted by Crippen LogP contribution is -2.14. The Kier molecular flexibility index (Phi) is 2.89. The van der Waals surface area contributed by atoms with Crippen molar-refractivity contribution in [1.29, 1.82) is 0 Å². The van der Waals surface area contributed by atoms with Crippen LogP contribution in [0, 0.1) is 0 Å². The first kappa shape index (κ1) is 11.4. The van der Waals surface area contributed by atoms with Gasteiger partial charge in [0.15, 0.2) is 0 Å². The zero-order valence-corrected chi connectivity index (χ0v) is 11.0. The molecule has 1 heterocycles. The molecule has 1 aromatic carbocycles. The second-order valence-electron chi connectivity index (χ2n) is 4.71. The van der Waals surface area contributed by atoms with Crippen LogP contribution in [0.2, 0.25) is 0 Å². The highest BCUT2D eigenvalue weighted by Crippen LogP contribution is 2.25. The normalized spacial score (nSPS) is 11.9. The average Bonchev–Trinajstić information content (AvgIpc) is 2.51. The summed E-state index contributed by atoms with van der Waals surface area (Å²) in [4.78, 5) is 12.0. The summed E-state index contributed by atoms with van der Waals surface area (Å²) in [7, 11) is 0. The molecule has 0 N–H and O–H groups in total. The van der Waals surface area contributed by atoms with Crippen molar-refractivity contribution < 1.29 is 0 Å². The molecular weight excluding hydrogens is 218 g/mol. The Labute approximate surface area is 99.5 Å². The minimum Gasteiger partial charge on any atom is -0.296 e. The van der Waals surface area contributed by atoms with Crippen molar-refractivity contribution in [3.8, 4) is 0 Å². The van der Waals surface area contributed by atoms with Crippen molar-refractivity contribution in [1.82, 2.24) is 4.57 Å². The van der Waals surface area contributed by atoms with Gasteiger partial charge in [-0.05, 0) is 37.5 Å². The molecule has 0 spiro atoms. The first-order chi connectivity index (χ1) is 7.50. The first-order valence-corrected chi connectivity index (χ1v) is 6.47. The molecule has 16 heavy (non-hydrogen) atoms. The number of thiazole rings is 1. The van der Waals surface area contributed by atoms with Crippen LogP contribution in [0.4, 0.5) is 0 Å². The molecule has 0 bridgehead atoms. The molecule has 0 unspecified atom stereocenters. The fourth-order valence-corrected chi connectivity index (χ4v) is 2.89. The van der Waals surface area contributed by atoms with Crippen LogP contribution in [-0.2, 0) is 0 Å². The topological polar surface area (TPSA) is 22.0 Å². The van der Waals surface area contributed by atoms with Crippen LogP contribution in [0.1, 0.15) is 45.2 Å². The van der Waals surface area contributed by atoms with Gasteiger partial charge in [-0.2, -0.15) is 0 Å². The van der Waals surface area contributed by atoms with Gasteiger partial charge in [-0.25, -0.2) is 0 Å². The summed E-state index contributed by atoms with van der Waals surface area (Å²) in [5, 5.41) is 0. The third-order valence-electron chi connectivity index (χ3n) is 2.82. The Morgan fingerprint density at radius 2 is 1.88 bits per heavy atom. The highest BCUT2D eigenvalue weighted by Gasteiger charge is 2.11. The third-order valence-corrected chi connectivity index (χ3v) is 3.76. The number of hydrogen-bond donors (Lipinski definition) is 0. The van der Waals surface area contributed by atoms with E-state index in [1.54, 1.807) is 0 Å². The van der Waals surface area contributed by atoms with Crippen molar-refractivity contribution in [2.24, 2.45) is 0 Å². The van der Waals surface area contributed by atoms with Crippen LogP contribution in [0.3, 0.4) is 0 Å². The minimum absolute atomic E-state index is 0.144. The molecule has 0 atom stereocenters. The van der Waals surface area contributed by atoms with Gasteiger partial charge in [0.05, 0.1) is 10.2 Å². The Hall–Kier alpha value is -1.09. The molecule has 0 radical (unpaired) electrons. The van der Waals surface area contributed by atoms with E-state index < -0.39 is 0 Å². The highest BCUT2D eigenvalue weighted by atomic mass is 32.1. The molecule has 0 aliphatic carbocycles.